The monoisotopic (exact) mass is 444 g/mol. The number of ether oxygens (including phenoxy) is 1. The molecule has 1 aliphatic heterocycles. The first-order valence-corrected chi connectivity index (χ1v) is 11.1. The Hall–Kier alpha value is -2.60. The van der Waals surface area contributed by atoms with Gasteiger partial charge in [-0.3, -0.25) is 9.59 Å². The van der Waals surface area contributed by atoms with Gasteiger partial charge in [0.05, 0.1) is 5.02 Å². The molecule has 1 aliphatic carbocycles. The molecular formula is C24H26ClFN2O3. The second kappa shape index (κ2) is 9.69. The minimum absolute atomic E-state index is 0.0110. The summed E-state index contributed by atoms with van der Waals surface area (Å²) in [5.74, 6) is 0.145. The van der Waals surface area contributed by atoms with Crippen LogP contribution in [-0.2, 0) is 9.59 Å². The van der Waals surface area contributed by atoms with Gasteiger partial charge in [-0.2, -0.15) is 0 Å². The number of halogens is 2. The van der Waals surface area contributed by atoms with E-state index in [1.54, 1.807) is 0 Å². The van der Waals surface area contributed by atoms with Crippen molar-refractivity contribution in [2.75, 3.05) is 19.7 Å². The zero-order chi connectivity index (χ0) is 21.8. The van der Waals surface area contributed by atoms with Gasteiger partial charge in [0.25, 0.3) is 5.91 Å². The summed E-state index contributed by atoms with van der Waals surface area (Å²) in [5.41, 5.74) is 1.29. The van der Waals surface area contributed by atoms with Crippen molar-refractivity contribution in [3.8, 4) is 5.75 Å². The molecule has 2 amide bonds. The number of carbonyl (C=O) groups is 2. The molecule has 5 nitrogen and oxygen atoms in total. The van der Waals surface area contributed by atoms with Gasteiger partial charge in [0.15, 0.2) is 6.61 Å². The van der Waals surface area contributed by atoms with E-state index < -0.39 is 5.82 Å². The topological polar surface area (TPSA) is 58.6 Å². The van der Waals surface area contributed by atoms with Gasteiger partial charge in [-0.15, -0.1) is 0 Å². The van der Waals surface area contributed by atoms with Crippen LogP contribution in [0, 0.1) is 11.7 Å². The van der Waals surface area contributed by atoms with Crippen LogP contribution in [0.25, 0.3) is 0 Å². The average Bonchev–Trinajstić information content (AvgIpc) is 2.75. The van der Waals surface area contributed by atoms with Crippen molar-refractivity contribution in [2.24, 2.45) is 5.92 Å². The van der Waals surface area contributed by atoms with Crippen molar-refractivity contribution >= 4 is 23.4 Å². The van der Waals surface area contributed by atoms with Crippen LogP contribution in [0.4, 0.5) is 4.39 Å². The first-order valence-electron chi connectivity index (χ1n) is 10.7. The van der Waals surface area contributed by atoms with E-state index in [9.17, 15) is 14.0 Å². The Morgan fingerprint density at radius 2 is 1.77 bits per heavy atom. The normalized spacial score (nSPS) is 21.3. The number of likely N-dealkylation sites (tertiary alicyclic amines) is 1. The van der Waals surface area contributed by atoms with E-state index in [0.717, 1.165) is 44.8 Å². The van der Waals surface area contributed by atoms with E-state index in [-0.39, 0.29) is 41.2 Å². The van der Waals surface area contributed by atoms with Crippen LogP contribution in [0.3, 0.4) is 0 Å². The molecule has 164 valence electrons. The largest absolute Gasteiger partial charge is 0.484 e. The average molecular weight is 445 g/mol. The molecule has 0 spiro atoms. The Kier molecular flexibility index (Phi) is 6.76. The second-order valence-electron chi connectivity index (χ2n) is 8.33. The van der Waals surface area contributed by atoms with E-state index in [4.69, 9.17) is 16.3 Å². The van der Waals surface area contributed by atoms with Gasteiger partial charge >= 0.3 is 0 Å². The van der Waals surface area contributed by atoms with E-state index in [1.165, 1.54) is 17.7 Å². The molecule has 0 bridgehead atoms. The van der Waals surface area contributed by atoms with Gasteiger partial charge in [-0.05, 0) is 43.4 Å². The number of benzene rings is 2. The molecule has 1 heterocycles. The van der Waals surface area contributed by atoms with Gasteiger partial charge in [0, 0.05) is 37.0 Å². The molecule has 0 unspecified atom stereocenters. The van der Waals surface area contributed by atoms with E-state index in [0.29, 0.717) is 5.92 Å². The highest BCUT2D eigenvalue weighted by Crippen LogP contribution is 2.32. The van der Waals surface area contributed by atoms with Crippen LogP contribution in [-0.4, -0.2) is 42.5 Å². The summed E-state index contributed by atoms with van der Waals surface area (Å²) in [4.78, 5) is 26.9. The number of hydrogen-bond acceptors (Lipinski definition) is 3. The number of rotatable bonds is 6. The van der Waals surface area contributed by atoms with Crippen LogP contribution in [0.15, 0.2) is 48.5 Å². The molecule has 1 N–H and O–H groups in total. The fourth-order valence-electron chi connectivity index (χ4n) is 4.32. The van der Waals surface area contributed by atoms with Crippen molar-refractivity contribution < 1.29 is 18.7 Å². The van der Waals surface area contributed by atoms with Crippen molar-refractivity contribution in [1.82, 2.24) is 10.2 Å². The van der Waals surface area contributed by atoms with E-state index in [1.807, 2.05) is 23.1 Å². The third-order valence-electron chi connectivity index (χ3n) is 6.17. The summed E-state index contributed by atoms with van der Waals surface area (Å²) in [7, 11) is 0. The zero-order valence-corrected chi connectivity index (χ0v) is 18.0. The minimum atomic E-state index is -0.583. The van der Waals surface area contributed by atoms with Gasteiger partial charge < -0.3 is 15.0 Å². The van der Waals surface area contributed by atoms with Crippen LogP contribution in [0.5, 0.6) is 5.75 Å². The standard InChI is InChI=1S/C24H26ClFN2O3/c25-21-11-10-20(12-22(21)26)31-15-23(29)27-19-8-6-17(7-9-19)24(30)28-13-18(14-28)16-4-2-1-3-5-16/h1-5,10-12,17-19H,6-9,13-15H2,(H,27,29). The Morgan fingerprint density at radius 3 is 2.45 bits per heavy atom. The fourth-order valence-corrected chi connectivity index (χ4v) is 4.44. The smallest absolute Gasteiger partial charge is 0.258 e. The molecule has 1 saturated carbocycles. The zero-order valence-electron chi connectivity index (χ0n) is 17.2. The number of nitrogens with one attached hydrogen (secondary N) is 1. The van der Waals surface area contributed by atoms with Crippen LogP contribution in [0.1, 0.15) is 37.2 Å². The molecule has 0 aromatic heterocycles. The molecule has 0 atom stereocenters. The first kappa shape index (κ1) is 21.6. The van der Waals surface area contributed by atoms with Crippen LogP contribution in [0.2, 0.25) is 5.02 Å². The van der Waals surface area contributed by atoms with Crippen LogP contribution >= 0.6 is 11.6 Å². The van der Waals surface area contributed by atoms with Gasteiger partial charge in [-0.25, -0.2) is 4.39 Å². The highest BCUT2D eigenvalue weighted by Gasteiger charge is 2.36. The number of carbonyl (C=O) groups excluding carboxylic acids is 2. The van der Waals surface area contributed by atoms with E-state index >= 15 is 0 Å². The highest BCUT2D eigenvalue weighted by atomic mass is 35.5. The highest BCUT2D eigenvalue weighted by molar-refractivity contribution is 6.30. The van der Waals surface area contributed by atoms with E-state index in [2.05, 4.69) is 17.4 Å². The molecule has 2 fully saturated rings. The number of amides is 2. The van der Waals surface area contributed by atoms with Crippen molar-refractivity contribution in [2.45, 2.75) is 37.6 Å². The lowest BCUT2D eigenvalue weighted by Crippen LogP contribution is -2.51. The number of nitrogens with zero attached hydrogens (tertiary/aromatic N) is 1. The quantitative estimate of drug-likeness (QED) is 0.727. The lowest BCUT2D eigenvalue weighted by molar-refractivity contribution is -0.141. The summed E-state index contributed by atoms with van der Waals surface area (Å²) in [6.45, 7) is 1.40. The lowest BCUT2D eigenvalue weighted by Gasteiger charge is -2.42. The van der Waals surface area contributed by atoms with Crippen molar-refractivity contribution in [3.63, 3.8) is 0 Å². The Morgan fingerprint density at radius 1 is 1.06 bits per heavy atom. The molecule has 2 aromatic carbocycles. The molecule has 7 heteroatoms. The molecule has 1 saturated heterocycles. The van der Waals surface area contributed by atoms with Gasteiger partial charge in [0.2, 0.25) is 5.91 Å². The predicted molar refractivity (Wildman–Crippen MR) is 117 cm³/mol. The van der Waals surface area contributed by atoms with Crippen molar-refractivity contribution in [3.05, 3.63) is 64.9 Å². The Balaban J connectivity index is 1.16. The molecule has 2 aromatic rings. The summed E-state index contributed by atoms with van der Waals surface area (Å²) >= 11 is 5.64. The molecule has 0 radical (unpaired) electrons. The Labute approximate surface area is 186 Å². The van der Waals surface area contributed by atoms with Gasteiger partial charge in [-0.1, -0.05) is 41.9 Å². The number of hydrogen-bond donors (Lipinski definition) is 1. The van der Waals surface area contributed by atoms with Crippen molar-refractivity contribution in [1.29, 1.82) is 0 Å². The SMILES string of the molecule is O=C(COc1ccc(Cl)c(F)c1)NC1CCC(C(=O)N2CC(c3ccccc3)C2)CC1. The van der Waals surface area contributed by atoms with Crippen LogP contribution < -0.4 is 10.1 Å². The third-order valence-corrected chi connectivity index (χ3v) is 6.47. The molecule has 2 aliphatic rings. The fraction of sp³-hybridized carbons (Fsp3) is 0.417. The predicted octanol–water partition coefficient (Wildman–Crippen LogP) is 4.16. The lowest BCUT2D eigenvalue weighted by atomic mass is 9.83. The summed E-state index contributed by atoms with van der Waals surface area (Å²) in [6.07, 6.45) is 3.10. The molecular weight excluding hydrogens is 419 g/mol. The third kappa shape index (κ3) is 5.37. The maximum atomic E-state index is 13.4. The summed E-state index contributed by atoms with van der Waals surface area (Å²) in [5, 5.41) is 2.96. The molecule has 4 rings (SSSR count). The summed E-state index contributed by atoms with van der Waals surface area (Å²) < 4.78 is 18.8. The summed E-state index contributed by atoms with van der Waals surface area (Å²) in [6, 6.07) is 14.4. The second-order valence-corrected chi connectivity index (χ2v) is 8.74. The maximum Gasteiger partial charge on any atom is 0.258 e. The maximum absolute atomic E-state index is 13.4. The Bertz CT molecular complexity index is 926. The van der Waals surface area contributed by atoms with Gasteiger partial charge in [0.1, 0.15) is 11.6 Å². The molecule has 31 heavy (non-hydrogen) atoms. The minimum Gasteiger partial charge on any atom is -0.484 e. The first-order chi connectivity index (χ1) is 15.0.